The number of hydrogen-bond donors (Lipinski definition) is 0. The predicted octanol–water partition coefficient (Wildman–Crippen LogP) is 6.78. The van der Waals surface area contributed by atoms with E-state index in [1.54, 1.807) is 6.07 Å². The summed E-state index contributed by atoms with van der Waals surface area (Å²) in [5, 5.41) is 2.20. The third kappa shape index (κ3) is 4.25. The lowest BCUT2D eigenvalue weighted by molar-refractivity contribution is 0.630. The molecule has 140 valence electrons. The third-order valence-electron chi connectivity index (χ3n) is 5.03. The fourth-order valence-corrected chi connectivity index (χ4v) is 3.50. The summed E-state index contributed by atoms with van der Waals surface area (Å²) in [4.78, 5) is 3.73. The van der Waals surface area contributed by atoms with Crippen LogP contribution in [0.4, 0.5) is 10.1 Å². The first-order chi connectivity index (χ1) is 14.2. The first-order valence-corrected chi connectivity index (χ1v) is 9.89. The Morgan fingerprint density at radius 3 is 2.45 bits per heavy atom. The zero-order valence-electron chi connectivity index (χ0n) is 16.0. The number of halogens is 1. The molecule has 0 atom stereocenters. The number of fused-ring (bicyclic) bond motifs is 1. The Hall–Kier alpha value is -3.31. The summed E-state index contributed by atoms with van der Waals surface area (Å²) in [7, 11) is 0. The highest BCUT2D eigenvalue weighted by molar-refractivity contribution is 7.78. The number of aryl methyl sites for hydroxylation is 1. The lowest BCUT2D eigenvalue weighted by Gasteiger charge is -2.06. The van der Waals surface area contributed by atoms with Crippen LogP contribution in [0.3, 0.4) is 0 Å². The molecule has 0 aliphatic heterocycles. The van der Waals surface area contributed by atoms with Crippen molar-refractivity contribution in [2.75, 3.05) is 0 Å². The maximum absolute atomic E-state index is 14.2. The summed E-state index contributed by atoms with van der Waals surface area (Å²) >= 11 is 4.55. The van der Waals surface area contributed by atoms with Gasteiger partial charge < -0.3 is 0 Å². The molecule has 0 spiro atoms. The SMILES string of the molecule is CCc1ccc(C#CC2=Cc3ccc(-c4ccc(N=C=S)c(F)c4)cc3C2)cc1. The number of nitrogens with zero attached hydrogens (tertiary/aromatic N) is 1. The standard InChI is InChI=1S/C26H18FNS/c1-2-18-3-5-19(6-4-18)7-8-20-13-21-9-10-22(15-24(21)14-20)23-11-12-26(28-17-29)25(27)16-23/h3-6,9-13,15-16H,2,14H2,1H3. The van der Waals surface area contributed by atoms with E-state index in [1.165, 1.54) is 22.8 Å². The number of allylic oxidation sites excluding steroid dienone is 1. The maximum Gasteiger partial charge on any atom is 0.150 e. The van der Waals surface area contributed by atoms with E-state index in [-0.39, 0.29) is 5.69 Å². The van der Waals surface area contributed by atoms with Crippen molar-refractivity contribution in [1.29, 1.82) is 0 Å². The minimum Gasteiger partial charge on any atom is -0.205 e. The normalized spacial score (nSPS) is 11.7. The molecule has 0 saturated heterocycles. The molecule has 0 bridgehead atoms. The van der Waals surface area contributed by atoms with Crippen LogP contribution in [0.25, 0.3) is 17.2 Å². The average molecular weight is 396 g/mol. The molecule has 1 nitrogen and oxygen atoms in total. The third-order valence-corrected chi connectivity index (χ3v) is 5.12. The van der Waals surface area contributed by atoms with Gasteiger partial charge in [-0.3, -0.25) is 0 Å². The van der Waals surface area contributed by atoms with Crippen molar-refractivity contribution in [3.8, 4) is 23.0 Å². The van der Waals surface area contributed by atoms with Crippen LogP contribution in [-0.4, -0.2) is 5.16 Å². The molecule has 4 rings (SSSR count). The number of hydrogen-bond acceptors (Lipinski definition) is 2. The van der Waals surface area contributed by atoms with E-state index in [2.05, 4.69) is 83.6 Å². The van der Waals surface area contributed by atoms with Crippen molar-refractivity contribution in [1.82, 2.24) is 0 Å². The van der Waals surface area contributed by atoms with Crippen LogP contribution in [0.15, 0.2) is 71.2 Å². The van der Waals surface area contributed by atoms with Crippen LogP contribution in [0.1, 0.15) is 29.2 Å². The summed E-state index contributed by atoms with van der Waals surface area (Å²) in [5.74, 6) is 6.14. The molecular weight excluding hydrogens is 377 g/mol. The Balaban J connectivity index is 1.54. The van der Waals surface area contributed by atoms with Gasteiger partial charge in [-0.05, 0) is 76.8 Å². The summed E-state index contributed by atoms with van der Waals surface area (Å²) in [5.41, 5.74) is 7.78. The molecule has 3 aromatic rings. The molecule has 0 N–H and O–H groups in total. The van der Waals surface area contributed by atoms with Crippen LogP contribution in [0.2, 0.25) is 0 Å². The van der Waals surface area contributed by atoms with Crippen LogP contribution < -0.4 is 0 Å². The van der Waals surface area contributed by atoms with E-state index in [4.69, 9.17) is 0 Å². The Morgan fingerprint density at radius 1 is 0.966 bits per heavy atom. The van der Waals surface area contributed by atoms with E-state index in [1.807, 2.05) is 12.1 Å². The molecule has 3 aromatic carbocycles. The number of aliphatic imine (C=N–C) groups is 1. The summed E-state index contributed by atoms with van der Waals surface area (Å²) in [6.07, 6.45) is 3.95. The minimum absolute atomic E-state index is 0.205. The largest absolute Gasteiger partial charge is 0.205 e. The van der Waals surface area contributed by atoms with Crippen LogP contribution in [0.5, 0.6) is 0 Å². The van der Waals surface area contributed by atoms with Gasteiger partial charge in [-0.15, -0.1) is 0 Å². The van der Waals surface area contributed by atoms with Gasteiger partial charge in [0.2, 0.25) is 0 Å². The number of benzene rings is 3. The molecule has 0 fully saturated rings. The monoisotopic (exact) mass is 395 g/mol. The maximum atomic E-state index is 14.2. The summed E-state index contributed by atoms with van der Waals surface area (Å²) in [6.45, 7) is 2.14. The molecule has 1 aliphatic carbocycles. The molecule has 0 heterocycles. The van der Waals surface area contributed by atoms with E-state index in [0.29, 0.717) is 0 Å². The highest BCUT2D eigenvalue weighted by Gasteiger charge is 2.13. The van der Waals surface area contributed by atoms with Gasteiger partial charge in [-0.25, -0.2) is 4.39 Å². The molecule has 29 heavy (non-hydrogen) atoms. The minimum atomic E-state index is -0.404. The van der Waals surface area contributed by atoms with Crippen molar-refractivity contribution in [2.45, 2.75) is 19.8 Å². The Labute approximate surface area is 175 Å². The summed E-state index contributed by atoms with van der Waals surface area (Å²) < 4.78 is 14.2. The van der Waals surface area contributed by atoms with Gasteiger partial charge in [0, 0.05) is 17.6 Å². The highest BCUT2D eigenvalue weighted by atomic mass is 32.1. The van der Waals surface area contributed by atoms with Gasteiger partial charge >= 0.3 is 0 Å². The molecule has 1 aliphatic rings. The molecule has 3 heteroatoms. The zero-order chi connectivity index (χ0) is 20.2. The van der Waals surface area contributed by atoms with E-state index >= 15 is 0 Å². The Kier molecular flexibility index (Phi) is 5.49. The Bertz CT molecular complexity index is 1220. The molecule has 0 amide bonds. The lowest BCUT2D eigenvalue weighted by atomic mass is 9.99. The van der Waals surface area contributed by atoms with E-state index in [9.17, 15) is 4.39 Å². The molecule has 0 radical (unpaired) electrons. The second kappa shape index (κ2) is 8.37. The smallest absolute Gasteiger partial charge is 0.150 e. The predicted molar refractivity (Wildman–Crippen MR) is 121 cm³/mol. The van der Waals surface area contributed by atoms with Crippen molar-refractivity contribution >= 4 is 29.1 Å². The average Bonchev–Trinajstić information content (AvgIpc) is 3.16. The highest BCUT2D eigenvalue weighted by Crippen LogP contribution is 2.31. The van der Waals surface area contributed by atoms with Crippen LogP contribution in [-0.2, 0) is 12.8 Å². The molecular formula is C26H18FNS. The molecule has 0 aromatic heterocycles. The molecule has 0 unspecified atom stereocenters. The number of rotatable bonds is 3. The Morgan fingerprint density at radius 2 is 1.72 bits per heavy atom. The van der Waals surface area contributed by atoms with Gasteiger partial charge in [-0.2, -0.15) is 4.99 Å². The van der Waals surface area contributed by atoms with Gasteiger partial charge in [-0.1, -0.05) is 55.2 Å². The quantitative estimate of drug-likeness (QED) is 0.270. The van der Waals surface area contributed by atoms with Gasteiger partial charge in [0.05, 0.1) is 5.16 Å². The van der Waals surface area contributed by atoms with Crippen molar-refractivity contribution in [2.24, 2.45) is 4.99 Å². The van der Waals surface area contributed by atoms with Gasteiger partial charge in [0.1, 0.15) is 11.5 Å². The lowest BCUT2D eigenvalue weighted by Crippen LogP contribution is -1.87. The van der Waals surface area contributed by atoms with E-state index < -0.39 is 5.82 Å². The first kappa shape index (κ1) is 19.0. The van der Waals surface area contributed by atoms with Gasteiger partial charge in [0.15, 0.2) is 0 Å². The summed E-state index contributed by atoms with van der Waals surface area (Å²) in [6, 6.07) is 19.5. The second-order valence-electron chi connectivity index (χ2n) is 6.93. The molecule has 0 saturated carbocycles. The zero-order valence-corrected chi connectivity index (χ0v) is 16.8. The first-order valence-electron chi connectivity index (χ1n) is 9.48. The fraction of sp³-hybridized carbons (Fsp3) is 0.115. The van der Waals surface area contributed by atoms with Crippen LogP contribution >= 0.6 is 12.2 Å². The number of isothiocyanates is 1. The van der Waals surface area contributed by atoms with Crippen molar-refractivity contribution < 1.29 is 4.39 Å². The number of thiocarbonyl (C=S) groups is 1. The van der Waals surface area contributed by atoms with Crippen LogP contribution in [0, 0.1) is 17.7 Å². The second-order valence-corrected chi connectivity index (χ2v) is 7.11. The topological polar surface area (TPSA) is 12.4 Å². The fourth-order valence-electron chi connectivity index (χ4n) is 3.41. The van der Waals surface area contributed by atoms with E-state index in [0.717, 1.165) is 35.1 Å². The van der Waals surface area contributed by atoms with Crippen molar-refractivity contribution in [3.05, 3.63) is 94.3 Å². The van der Waals surface area contributed by atoms with Gasteiger partial charge in [0.25, 0.3) is 0 Å². The van der Waals surface area contributed by atoms with Crippen molar-refractivity contribution in [3.63, 3.8) is 0 Å².